The summed E-state index contributed by atoms with van der Waals surface area (Å²) in [4.78, 5) is 11.4. The molecular formula is C15H19NO3. The van der Waals surface area contributed by atoms with Crippen molar-refractivity contribution in [2.75, 3.05) is 6.61 Å². The molecule has 0 bridgehead atoms. The molecule has 0 saturated heterocycles. The first-order chi connectivity index (χ1) is 9.06. The first kappa shape index (κ1) is 13.6. The zero-order chi connectivity index (χ0) is 14.0. The van der Waals surface area contributed by atoms with Crippen LogP contribution in [0.4, 0.5) is 0 Å². The van der Waals surface area contributed by atoms with Crippen molar-refractivity contribution in [1.82, 2.24) is 4.57 Å². The number of carboxylic acids is 1. The van der Waals surface area contributed by atoms with Crippen molar-refractivity contribution in [3.8, 4) is 0 Å². The number of carbonyl (C=O) groups is 1. The van der Waals surface area contributed by atoms with Gasteiger partial charge >= 0.3 is 5.97 Å². The minimum absolute atomic E-state index is 0.134. The van der Waals surface area contributed by atoms with E-state index in [4.69, 9.17) is 5.11 Å². The highest BCUT2D eigenvalue weighted by atomic mass is 16.4. The van der Waals surface area contributed by atoms with E-state index < -0.39 is 5.97 Å². The van der Waals surface area contributed by atoms with Gasteiger partial charge in [-0.05, 0) is 30.0 Å². The van der Waals surface area contributed by atoms with Gasteiger partial charge in [0.2, 0.25) is 0 Å². The Balaban J connectivity index is 2.67. The number of aromatic carboxylic acids is 1. The molecule has 1 aromatic heterocycles. The van der Waals surface area contributed by atoms with Gasteiger partial charge in [-0.2, -0.15) is 0 Å². The molecule has 0 aliphatic carbocycles. The van der Waals surface area contributed by atoms with Gasteiger partial charge in [0.25, 0.3) is 0 Å². The molecule has 4 nitrogen and oxygen atoms in total. The zero-order valence-corrected chi connectivity index (χ0v) is 11.3. The van der Waals surface area contributed by atoms with Crippen LogP contribution in [0, 0.1) is 0 Å². The molecule has 0 unspecified atom stereocenters. The Kier molecular flexibility index (Phi) is 3.90. The molecule has 0 spiro atoms. The van der Waals surface area contributed by atoms with Crippen molar-refractivity contribution in [2.24, 2.45) is 0 Å². The van der Waals surface area contributed by atoms with Gasteiger partial charge in [-0.25, -0.2) is 4.79 Å². The van der Waals surface area contributed by atoms with Gasteiger partial charge in [0.05, 0.1) is 5.56 Å². The topological polar surface area (TPSA) is 62.5 Å². The maximum Gasteiger partial charge on any atom is 0.336 e. The molecule has 19 heavy (non-hydrogen) atoms. The summed E-state index contributed by atoms with van der Waals surface area (Å²) in [5, 5.41) is 19.1. The second kappa shape index (κ2) is 5.45. The van der Waals surface area contributed by atoms with Gasteiger partial charge in [-0.1, -0.05) is 19.9 Å². The Morgan fingerprint density at radius 3 is 2.68 bits per heavy atom. The Morgan fingerprint density at radius 2 is 2.11 bits per heavy atom. The van der Waals surface area contributed by atoms with E-state index in [1.807, 2.05) is 16.8 Å². The summed E-state index contributed by atoms with van der Waals surface area (Å²) in [6, 6.07) is 5.35. The van der Waals surface area contributed by atoms with Crippen molar-refractivity contribution in [3.05, 3.63) is 35.5 Å². The standard InChI is InChI=1S/C15H19NO3/c1-10(2)12-9-16(7-4-8-17)13-6-3-5-11(14(12)13)15(18)19/h3,5-6,9-10,17H,4,7-8H2,1-2H3,(H,18,19). The molecule has 1 aromatic carbocycles. The summed E-state index contributed by atoms with van der Waals surface area (Å²) in [7, 11) is 0. The summed E-state index contributed by atoms with van der Waals surface area (Å²) in [5.41, 5.74) is 2.33. The van der Waals surface area contributed by atoms with Crippen molar-refractivity contribution in [1.29, 1.82) is 0 Å². The number of carboxylic acid groups (broad SMARTS) is 1. The van der Waals surface area contributed by atoms with Crippen LogP contribution in [0.15, 0.2) is 24.4 Å². The smallest absolute Gasteiger partial charge is 0.336 e. The van der Waals surface area contributed by atoms with E-state index in [0.717, 1.165) is 16.5 Å². The molecule has 0 aliphatic rings. The largest absolute Gasteiger partial charge is 0.478 e. The minimum Gasteiger partial charge on any atom is -0.478 e. The van der Waals surface area contributed by atoms with Gasteiger partial charge in [0.1, 0.15) is 0 Å². The minimum atomic E-state index is -0.896. The number of nitrogens with zero attached hydrogens (tertiary/aromatic N) is 1. The fourth-order valence-corrected chi connectivity index (χ4v) is 2.43. The van der Waals surface area contributed by atoms with E-state index in [0.29, 0.717) is 18.5 Å². The van der Waals surface area contributed by atoms with Crippen molar-refractivity contribution in [2.45, 2.75) is 32.7 Å². The number of aromatic nitrogens is 1. The quantitative estimate of drug-likeness (QED) is 0.870. The molecule has 1 heterocycles. The normalized spacial score (nSPS) is 11.4. The summed E-state index contributed by atoms with van der Waals surface area (Å²) in [6.07, 6.45) is 2.68. The predicted octanol–water partition coefficient (Wildman–Crippen LogP) is 2.85. The molecule has 0 aliphatic heterocycles. The van der Waals surface area contributed by atoms with Crippen LogP contribution in [-0.4, -0.2) is 27.4 Å². The van der Waals surface area contributed by atoms with E-state index in [1.54, 1.807) is 12.1 Å². The third-order valence-electron chi connectivity index (χ3n) is 3.35. The molecular weight excluding hydrogens is 242 g/mol. The number of rotatable bonds is 5. The monoisotopic (exact) mass is 261 g/mol. The van der Waals surface area contributed by atoms with Gasteiger partial charge in [0.15, 0.2) is 0 Å². The van der Waals surface area contributed by atoms with Gasteiger partial charge < -0.3 is 14.8 Å². The van der Waals surface area contributed by atoms with Gasteiger partial charge in [-0.3, -0.25) is 0 Å². The maximum atomic E-state index is 11.4. The summed E-state index contributed by atoms with van der Waals surface area (Å²) < 4.78 is 2.04. The Hall–Kier alpha value is -1.81. The highest BCUT2D eigenvalue weighted by Crippen LogP contribution is 2.30. The van der Waals surface area contributed by atoms with E-state index in [2.05, 4.69) is 13.8 Å². The first-order valence-electron chi connectivity index (χ1n) is 6.52. The van der Waals surface area contributed by atoms with E-state index in [-0.39, 0.29) is 12.5 Å². The highest BCUT2D eigenvalue weighted by molar-refractivity contribution is 6.04. The van der Waals surface area contributed by atoms with Crippen LogP contribution in [0.1, 0.15) is 42.1 Å². The number of fused-ring (bicyclic) bond motifs is 1. The van der Waals surface area contributed by atoms with Crippen LogP contribution in [0.3, 0.4) is 0 Å². The van der Waals surface area contributed by atoms with Crippen LogP contribution in [0.5, 0.6) is 0 Å². The Bertz CT molecular complexity index is 599. The molecule has 0 radical (unpaired) electrons. The molecule has 2 rings (SSSR count). The number of benzene rings is 1. The Morgan fingerprint density at radius 1 is 1.37 bits per heavy atom. The summed E-state index contributed by atoms with van der Waals surface area (Å²) in [6.45, 7) is 4.95. The maximum absolute atomic E-state index is 11.4. The molecule has 2 N–H and O–H groups in total. The van der Waals surface area contributed by atoms with Gasteiger partial charge in [0, 0.05) is 30.3 Å². The number of aryl methyl sites for hydroxylation is 1. The fraction of sp³-hybridized carbons (Fsp3) is 0.400. The number of aliphatic hydroxyl groups excluding tert-OH is 1. The SMILES string of the molecule is CC(C)c1cn(CCCO)c2cccc(C(=O)O)c12. The third-order valence-corrected chi connectivity index (χ3v) is 3.35. The molecule has 4 heteroatoms. The lowest BCUT2D eigenvalue weighted by Crippen LogP contribution is -2.00. The van der Waals surface area contributed by atoms with E-state index >= 15 is 0 Å². The second-order valence-electron chi connectivity index (χ2n) is 5.01. The van der Waals surface area contributed by atoms with Gasteiger partial charge in [-0.15, -0.1) is 0 Å². The fourth-order valence-electron chi connectivity index (χ4n) is 2.43. The third kappa shape index (κ3) is 2.49. The number of hydrogen-bond donors (Lipinski definition) is 2. The second-order valence-corrected chi connectivity index (χ2v) is 5.01. The molecule has 0 amide bonds. The van der Waals surface area contributed by atoms with Crippen LogP contribution >= 0.6 is 0 Å². The zero-order valence-electron chi connectivity index (χ0n) is 11.3. The lowest BCUT2D eigenvalue weighted by atomic mass is 9.99. The van der Waals surface area contributed by atoms with Crippen molar-refractivity contribution >= 4 is 16.9 Å². The van der Waals surface area contributed by atoms with E-state index in [1.165, 1.54) is 0 Å². The van der Waals surface area contributed by atoms with Crippen molar-refractivity contribution < 1.29 is 15.0 Å². The molecule has 2 aromatic rings. The molecule has 0 atom stereocenters. The predicted molar refractivity (Wildman–Crippen MR) is 74.7 cm³/mol. The van der Waals surface area contributed by atoms with Crippen LogP contribution < -0.4 is 0 Å². The summed E-state index contributed by atoms with van der Waals surface area (Å²) >= 11 is 0. The number of aliphatic hydroxyl groups is 1. The molecule has 102 valence electrons. The Labute approximate surface area is 112 Å². The number of hydrogen-bond acceptors (Lipinski definition) is 2. The van der Waals surface area contributed by atoms with Crippen molar-refractivity contribution in [3.63, 3.8) is 0 Å². The summed E-state index contributed by atoms with van der Waals surface area (Å²) in [5.74, 6) is -0.634. The van der Waals surface area contributed by atoms with Crippen LogP contribution in [0.25, 0.3) is 10.9 Å². The molecule has 0 fully saturated rings. The molecule has 0 saturated carbocycles. The lowest BCUT2D eigenvalue weighted by molar-refractivity contribution is 0.0699. The van der Waals surface area contributed by atoms with Crippen LogP contribution in [0.2, 0.25) is 0 Å². The highest BCUT2D eigenvalue weighted by Gasteiger charge is 2.17. The average molecular weight is 261 g/mol. The lowest BCUT2D eigenvalue weighted by Gasteiger charge is -2.05. The average Bonchev–Trinajstić information content (AvgIpc) is 2.75. The van der Waals surface area contributed by atoms with Crippen LogP contribution in [-0.2, 0) is 6.54 Å². The first-order valence-corrected chi connectivity index (χ1v) is 6.52. The van der Waals surface area contributed by atoms with E-state index in [9.17, 15) is 9.90 Å².